The van der Waals surface area contributed by atoms with Crippen LogP contribution in [0.25, 0.3) is 0 Å². The monoisotopic (exact) mass is 323 g/mol. The summed E-state index contributed by atoms with van der Waals surface area (Å²) in [6, 6.07) is 2.54. The summed E-state index contributed by atoms with van der Waals surface area (Å²) in [5.74, 6) is 0.551. The number of carbonyl (C=O) groups excluding carboxylic acids is 1. The second-order valence-electron chi connectivity index (χ2n) is 5.38. The van der Waals surface area contributed by atoms with E-state index in [9.17, 15) is 14.9 Å². The summed E-state index contributed by atoms with van der Waals surface area (Å²) in [5, 5.41) is 17.2. The molecule has 0 aromatic heterocycles. The number of ether oxygens (including phenoxy) is 2. The average molecular weight is 323 g/mol. The smallest absolute Gasteiger partial charge is 0.286 e. The van der Waals surface area contributed by atoms with Gasteiger partial charge in [0.15, 0.2) is 11.5 Å². The molecule has 0 bridgehead atoms. The van der Waals surface area contributed by atoms with Crippen LogP contribution in [0.5, 0.6) is 11.5 Å². The molecule has 1 aromatic carbocycles. The van der Waals surface area contributed by atoms with Crippen LogP contribution in [0.3, 0.4) is 0 Å². The number of nitrogens with zero attached hydrogens (tertiary/aromatic N) is 1. The summed E-state index contributed by atoms with van der Waals surface area (Å²) in [6.45, 7) is 2.43. The molecule has 8 heteroatoms. The molecule has 1 saturated heterocycles. The maximum Gasteiger partial charge on any atom is 0.286 e. The highest BCUT2D eigenvalue weighted by molar-refractivity contribution is 5.99. The highest BCUT2D eigenvalue weighted by Gasteiger charge is 2.24. The van der Waals surface area contributed by atoms with E-state index < -0.39 is 10.8 Å². The third-order valence-electron chi connectivity index (χ3n) is 3.94. The molecule has 2 rings (SSSR count). The number of amides is 1. The van der Waals surface area contributed by atoms with Crippen LogP contribution in [-0.4, -0.2) is 44.7 Å². The lowest BCUT2D eigenvalue weighted by molar-refractivity contribution is -0.385. The van der Waals surface area contributed by atoms with Crippen molar-refractivity contribution >= 4 is 11.6 Å². The molecule has 0 aliphatic carbocycles. The van der Waals surface area contributed by atoms with Crippen LogP contribution in [0.2, 0.25) is 0 Å². The van der Waals surface area contributed by atoms with Crippen LogP contribution in [0.15, 0.2) is 12.1 Å². The molecule has 1 aromatic rings. The fraction of sp³-hybridized carbons (Fsp3) is 0.533. The van der Waals surface area contributed by atoms with Crippen molar-refractivity contribution in [1.29, 1.82) is 0 Å². The lowest BCUT2D eigenvalue weighted by Crippen LogP contribution is -2.27. The molecular weight excluding hydrogens is 302 g/mol. The number of benzene rings is 1. The molecule has 0 spiro atoms. The van der Waals surface area contributed by atoms with Crippen LogP contribution < -0.4 is 20.1 Å². The number of nitrogens with one attached hydrogen (secondary N) is 2. The molecule has 126 valence electrons. The maximum atomic E-state index is 12.3. The molecule has 8 nitrogen and oxygen atoms in total. The van der Waals surface area contributed by atoms with Crippen molar-refractivity contribution in [2.24, 2.45) is 5.92 Å². The number of carbonyl (C=O) groups is 1. The van der Waals surface area contributed by atoms with Gasteiger partial charge in [-0.05, 0) is 31.8 Å². The fourth-order valence-electron chi connectivity index (χ4n) is 2.65. The largest absolute Gasteiger partial charge is 0.493 e. The molecule has 1 aliphatic rings. The molecule has 0 radical (unpaired) electrons. The van der Waals surface area contributed by atoms with E-state index in [1.165, 1.54) is 26.4 Å². The van der Waals surface area contributed by atoms with Gasteiger partial charge in [-0.25, -0.2) is 0 Å². The minimum absolute atomic E-state index is 0.0304. The lowest BCUT2D eigenvalue weighted by atomic mass is 10.1. The minimum Gasteiger partial charge on any atom is -0.493 e. The molecule has 2 N–H and O–H groups in total. The summed E-state index contributed by atoms with van der Waals surface area (Å²) >= 11 is 0. The van der Waals surface area contributed by atoms with E-state index in [1.54, 1.807) is 0 Å². The van der Waals surface area contributed by atoms with Crippen molar-refractivity contribution in [3.63, 3.8) is 0 Å². The number of nitro benzene ring substituents is 1. The summed E-state index contributed by atoms with van der Waals surface area (Å²) < 4.78 is 10.2. The summed E-state index contributed by atoms with van der Waals surface area (Å²) in [4.78, 5) is 22.9. The molecule has 0 saturated carbocycles. The Kier molecular flexibility index (Phi) is 5.75. The molecule has 1 fully saturated rings. The first-order valence-electron chi connectivity index (χ1n) is 7.46. The third-order valence-corrected chi connectivity index (χ3v) is 3.94. The van der Waals surface area contributed by atoms with Gasteiger partial charge in [-0.3, -0.25) is 14.9 Å². The Morgan fingerprint density at radius 2 is 2.09 bits per heavy atom. The van der Waals surface area contributed by atoms with Gasteiger partial charge < -0.3 is 20.1 Å². The number of nitro groups is 1. The van der Waals surface area contributed by atoms with Crippen LogP contribution in [0.4, 0.5) is 5.69 Å². The van der Waals surface area contributed by atoms with Gasteiger partial charge in [0.05, 0.1) is 25.2 Å². The zero-order valence-electron chi connectivity index (χ0n) is 13.3. The highest BCUT2D eigenvalue weighted by Crippen LogP contribution is 2.34. The molecule has 1 aliphatic heterocycles. The SMILES string of the molecule is COc1cc(C(=O)NCCC2CCNC2)c([N+](=O)[O-])cc1OC. The first-order valence-corrected chi connectivity index (χ1v) is 7.46. The third kappa shape index (κ3) is 4.10. The predicted molar refractivity (Wildman–Crippen MR) is 84.1 cm³/mol. The Morgan fingerprint density at radius 1 is 1.39 bits per heavy atom. The van der Waals surface area contributed by atoms with Crippen molar-refractivity contribution in [2.45, 2.75) is 12.8 Å². The molecule has 1 heterocycles. The van der Waals surface area contributed by atoms with E-state index in [1.807, 2.05) is 0 Å². The van der Waals surface area contributed by atoms with E-state index in [0.717, 1.165) is 25.9 Å². The van der Waals surface area contributed by atoms with Gasteiger partial charge in [0.25, 0.3) is 11.6 Å². The quantitative estimate of drug-likeness (QED) is 0.580. The second-order valence-corrected chi connectivity index (χ2v) is 5.38. The predicted octanol–water partition coefficient (Wildman–Crippen LogP) is 1.34. The average Bonchev–Trinajstić information content (AvgIpc) is 3.06. The van der Waals surface area contributed by atoms with Crippen LogP contribution in [0, 0.1) is 16.0 Å². The van der Waals surface area contributed by atoms with Crippen LogP contribution in [0.1, 0.15) is 23.2 Å². The van der Waals surface area contributed by atoms with E-state index in [2.05, 4.69) is 10.6 Å². The minimum atomic E-state index is -0.599. The Morgan fingerprint density at radius 3 is 2.65 bits per heavy atom. The van der Waals surface area contributed by atoms with Gasteiger partial charge in [-0.2, -0.15) is 0 Å². The highest BCUT2D eigenvalue weighted by atomic mass is 16.6. The van der Waals surface area contributed by atoms with Crippen molar-refractivity contribution < 1.29 is 19.2 Å². The first kappa shape index (κ1) is 17.0. The van der Waals surface area contributed by atoms with Crippen molar-refractivity contribution in [2.75, 3.05) is 33.9 Å². The number of hydrogen-bond donors (Lipinski definition) is 2. The normalized spacial score (nSPS) is 16.9. The van der Waals surface area contributed by atoms with Crippen LogP contribution >= 0.6 is 0 Å². The van der Waals surface area contributed by atoms with Gasteiger partial charge in [-0.15, -0.1) is 0 Å². The Bertz CT molecular complexity index is 585. The Labute approximate surface area is 134 Å². The van der Waals surface area contributed by atoms with Gasteiger partial charge >= 0.3 is 0 Å². The fourth-order valence-corrected chi connectivity index (χ4v) is 2.65. The van der Waals surface area contributed by atoms with Gasteiger partial charge in [-0.1, -0.05) is 0 Å². The molecule has 1 atom stereocenters. The summed E-state index contributed by atoms with van der Waals surface area (Å²) in [6.07, 6.45) is 1.94. The zero-order chi connectivity index (χ0) is 16.8. The molecule has 23 heavy (non-hydrogen) atoms. The summed E-state index contributed by atoms with van der Waals surface area (Å²) in [5.41, 5.74) is -0.333. The number of hydrogen-bond acceptors (Lipinski definition) is 6. The van der Waals surface area contributed by atoms with E-state index in [0.29, 0.717) is 12.5 Å². The standard InChI is InChI=1S/C15H21N3O5/c1-22-13-7-11(12(18(20)21)8-14(13)23-2)15(19)17-6-4-10-3-5-16-9-10/h7-8,10,16H,3-6,9H2,1-2H3,(H,17,19). The molecule has 1 amide bonds. The van der Waals surface area contributed by atoms with Crippen molar-refractivity contribution in [1.82, 2.24) is 10.6 Å². The Balaban J connectivity index is 2.12. The van der Waals surface area contributed by atoms with Crippen LogP contribution in [-0.2, 0) is 0 Å². The maximum absolute atomic E-state index is 12.3. The van der Waals surface area contributed by atoms with Gasteiger partial charge in [0.2, 0.25) is 0 Å². The van der Waals surface area contributed by atoms with E-state index >= 15 is 0 Å². The topological polar surface area (TPSA) is 103 Å². The molecular formula is C15H21N3O5. The first-order chi connectivity index (χ1) is 11.1. The van der Waals surface area contributed by atoms with Gasteiger partial charge in [0.1, 0.15) is 5.56 Å². The Hall–Kier alpha value is -2.35. The summed E-state index contributed by atoms with van der Waals surface area (Å²) in [7, 11) is 2.80. The number of rotatable bonds is 7. The van der Waals surface area contributed by atoms with Crippen molar-refractivity contribution in [3.8, 4) is 11.5 Å². The van der Waals surface area contributed by atoms with Crippen molar-refractivity contribution in [3.05, 3.63) is 27.8 Å². The second kappa shape index (κ2) is 7.77. The lowest BCUT2D eigenvalue weighted by Gasteiger charge is -2.12. The zero-order valence-corrected chi connectivity index (χ0v) is 13.3. The number of methoxy groups -OCH3 is 2. The van der Waals surface area contributed by atoms with E-state index in [4.69, 9.17) is 9.47 Å². The van der Waals surface area contributed by atoms with Gasteiger partial charge in [0, 0.05) is 12.6 Å². The molecule has 1 unspecified atom stereocenters. The van der Waals surface area contributed by atoms with E-state index in [-0.39, 0.29) is 22.7 Å².